The van der Waals surface area contributed by atoms with E-state index in [2.05, 4.69) is 39.0 Å². The lowest BCUT2D eigenvalue weighted by Crippen LogP contribution is -2.58. The maximum absolute atomic E-state index is 15.1. The number of ether oxygens (including phenoxy) is 1. The molecule has 126 valence electrons. The van der Waals surface area contributed by atoms with Crippen LogP contribution < -0.4 is 0 Å². The largest absolute Gasteiger partial charge is 0.364 e. The predicted molar refractivity (Wildman–Crippen MR) is 89.8 cm³/mol. The molecule has 8 atom stereocenters. The number of epoxide rings is 1. The van der Waals surface area contributed by atoms with Gasteiger partial charge >= 0.3 is 0 Å². The van der Waals surface area contributed by atoms with E-state index < -0.39 is 6.17 Å². The summed E-state index contributed by atoms with van der Waals surface area (Å²) in [6, 6.07) is 0. The fourth-order valence-corrected chi connectivity index (χ4v) is 7.56. The Labute approximate surface area is 139 Å². The van der Waals surface area contributed by atoms with Crippen LogP contribution in [0.15, 0.2) is 23.8 Å². The van der Waals surface area contributed by atoms with Crippen molar-refractivity contribution in [2.45, 2.75) is 77.2 Å². The molecule has 2 unspecified atom stereocenters. The second-order valence-electron chi connectivity index (χ2n) is 9.21. The number of rotatable bonds is 1. The molecule has 4 aliphatic carbocycles. The average Bonchev–Trinajstić information content (AvgIpc) is 3.14. The zero-order chi connectivity index (χ0) is 16.0. The van der Waals surface area contributed by atoms with Crippen LogP contribution in [-0.2, 0) is 4.74 Å². The van der Waals surface area contributed by atoms with Gasteiger partial charge in [-0.3, -0.25) is 0 Å². The van der Waals surface area contributed by atoms with E-state index in [1.165, 1.54) is 25.7 Å². The normalized spacial score (nSPS) is 59.5. The van der Waals surface area contributed by atoms with E-state index in [0.29, 0.717) is 29.8 Å². The molecule has 5 rings (SSSR count). The fraction of sp³-hybridized carbons (Fsp3) is 0.810. The SMILES string of the molecule is CC[C@H]1CC[C@H]2[C@@H]3CC(F)C4=CCC=C[C@]4(C)[C@]34OC4C[C@]12C. The molecule has 5 aliphatic rings. The molecule has 23 heavy (non-hydrogen) atoms. The van der Waals surface area contributed by atoms with E-state index in [1.54, 1.807) is 0 Å². The van der Waals surface area contributed by atoms with Crippen molar-refractivity contribution in [1.82, 2.24) is 0 Å². The standard InChI is InChI=1S/C21H29FO/c1-4-13-8-9-14-16-11-17(22)15-7-5-6-10-20(15,3)21(16)18(23-21)12-19(13,14)2/h6-7,10,13-14,16-18H,4-5,8-9,11-12H2,1-3H3/t13-,14-,16-,17?,18?,19+,20-,21-/m0/s1. The van der Waals surface area contributed by atoms with Crippen molar-refractivity contribution in [2.75, 3.05) is 0 Å². The highest BCUT2D eigenvalue weighted by Crippen LogP contribution is 2.75. The molecule has 0 aromatic heterocycles. The highest BCUT2D eigenvalue weighted by atomic mass is 19.1. The highest BCUT2D eigenvalue weighted by Gasteiger charge is 2.79. The molecule has 0 radical (unpaired) electrons. The van der Waals surface area contributed by atoms with Gasteiger partial charge in [0.2, 0.25) is 0 Å². The first-order valence-electron chi connectivity index (χ1n) is 9.67. The van der Waals surface area contributed by atoms with Crippen molar-refractivity contribution in [1.29, 1.82) is 0 Å². The van der Waals surface area contributed by atoms with Crippen LogP contribution >= 0.6 is 0 Å². The first kappa shape index (κ1) is 14.7. The second-order valence-corrected chi connectivity index (χ2v) is 9.21. The quantitative estimate of drug-likeness (QED) is 0.477. The molecule has 0 bridgehead atoms. The predicted octanol–water partition coefficient (Wildman–Crippen LogP) is 5.22. The van der Waals surface area contributed by atoms with Gasteiger partial charge in [-0.1, -0.05) is 38.5 Å². The maximum Gasteiger partial charge on any atom is 0.122 e. The number of allylic oxidation sites excluding steroid dienone is 2. The Morgan fingerprint density at radius 1 is 1.26 bits per heavy atom. The van der Waals surface area contributed by atoms with Crippen LogP contribution in [0.25, 0.3) is 0 Å². The summed E-state index contributed by atoms with van der Waals surface area (Å²) in [7, 11) is 0. The Morgan fingerprint density at radius 3 is 2.87 bits per heavy atom. The zero-order valence-corrected chi connectivity index (χ0v) is 14.6. The van der Waals surface area contributed by atoms with E-state index in [0.717, 1.165) is 17.9 Å². The summed E-state index contributed by atoms with van der Waals surface area (Å²) in [6.45, 7) is 7.07. The van der Waals surface area contributed by atoms with Crippen LogP contribution in [0.1, 0.15) is 59.3 Å². The summed E-state index contributed by atoms with van der Waals surface area (Å²) in [5.74, 6) is 1.86. The van der Waals surface area contributed by atoms with Crippen molar-refractivity contribution >= 4 is 0 Å². The van der Waals surface area contributed by atoms with Gasteiger partial charge in [0.25, 0.3) is 0 Å². The summed E-state index contributed by atoms with van der Waals surface area (Å²) >= 11 is 0. The lowest BCUT2D eigenvalue weighted by atomic mass is 9.47. The molecule has 0 aromatic rings. The van der Waals surface area contributed by atoms with E-state index in [1.807, 2.05) is 0 Å². The van der Waals surface area contributed by atoms with Gasteiger partial charge in [-0.15, -0.1) is 0 Å². The smallest absolute Gasteiger partial charge is 0.122 e. The first-order valence-corrected chi connectivity index (χ1v) is 9.67. The Balaban J connectivity index is 1.61. The van der Waals surface area contributed by atoms with Crippen molar-refractivity contribution in [3.8, 4) is 0 Å². The van der Waals surface area contributed by atoms with Gasteiger partial charge in [-0.05, 0) is 67.8 Å². The highest BCUT2D eigenvalue weighted by molar-refractivity contribution is 5.43. The topological polar surface area (TPSA) is 12.5 Å². The third-order valence-electron chi connectivity index (χ3n) is 8.65. The van der Waals surface area contributed by atoms with E-state index >= 15 is 4.39 Å². The Hall–Kier alpha value is -0.630. The molecular weight excluding hydrogens is 287 g/mol. The summed E-state index contributed by atoms with van der Waals surface area (Å²) in [5, 5.41) is 0. The van der Waals surface area contributed by atoms with Gasteiger partial charge in [0.05, 0.1) is 6.10 Å². The molecule has 2 heteroatoms. The van der Waals surface area contributed by atoms with E-state index in [4.69, 9.17) is 4.74 Å². The molecule has 0 aromatic carbocycles. The van der Waals surface area contributed by atoms with Crippen LogP contribution in [0.5, 0.6) is 0 Å². The fourth-order valence-electron chi connectivity index (χ4n) is 7.56. The molecule has 0 N–H and O–H groups in total. The van der Waals surface area contributed by atoms with Crippen molar-refractivity contribution < 1.29 is 9.13 Å². The van der Waals surface area contributed by atoms with Gasteiger partial charge in [0.1, 0.15) is 11.8 Å². The van der Waals surface area contributed by atoms with Crippen LogP contribution in [0.3, 0.4) is 0 Å². The van der Waals surface area contributed by atoms with E-state index in [-0.39, 0.29) is 11.0 Å². The minimum atomic E-state index is -0.770. The number of hydrogen-bond acceptors (Lipinski definition) is 1. The molecule has 1 aliphatic heterocycles. The third-order valence-corrected chi connectivity index (χ3v) is 8.65. The summed E-state index contributed by atoms with van der Waals surface area (Å²) in [5.41, 5.74) is 1.10. The Kier molecular flexibility index (Phi) is 2.75. The van der Waals surface area contributed by atoms with Gasteiger partial charge < -0.3 is 4.74 Å². The monoisotopic (exact) mass is 316 g/mol. The first-order chi connectivity index (χ1) is 11.0. The molecule has 1 nitrogen and oxygen atoms in total. The van der Waals surface area contributed by atoms with Crippen LogP contribution in [-0.4, -0.2) is 17.9 Å². The van der Waals surface area contributed by atoms with Crippen molar-refractivity contribution in [3.05, 3.63) is 23.8 Å². The van der Waals surface area contributed by atoms with Gasteiger partial charge in [-0.25, -0.2) is 4.39 Å². The zero-order valence-electron chi connectivity index (χ0n) is 14.6. The Bertz CT molecular complexity index is 609. The minimum Gasteiger partial charge on any atom is -0.364 e. The van der Waals surface area contributed by atoms with Crippen molar-refractivity contribution in [2.24, 2.45) is 28.6 Å². The van der Waals surface area contributed by atoms with E-state index in [9.17, 15) is 0 Å². The molecular formula is C21H29FO. The molecule has 1 saturated heterocycles. The third kappa shape index (κ3) is 1.49. The second kappa shape index (κ2) is 4.31. The maximum atomic E-state index is 15.1. The summed E-state index contributed by atoms with van der Waals surface area (Å²) < 4.78 is 21.7. The van der Waals surface area contributed by atoms with Crippen LogP contribution in [0.4, 0.5) is 4.39 Å². The molecule has 3 saturated carbocycles. The average molecular weight is 316 g/mol. The molecule has 1 heterocycles. The molecule has 4 fully saturated rings. The molecule has 0 amide bonds. The van der Waals surface area contributed by atoms with Crippen LogP contribution in [0.2, 0.25) is 0 Å². The number of hydrogen-bond donors (Lipinski definition) is 0. The number of fused-ring (bicyclic) bond motifs is 3. The van der Waals surface area contributed by atoms with Gasteiger partial charge in [0, 0.05) is 5.41 Å². The lowest BCUT2D eigenvalue weighted by molar-refractivity contribution is -0.0296. The molecule has 1 spiro atoms. The van der Waals surface area contributed by atoms with Crippen molar-refractivity contribution in [3.63, 3.8) is 0 Å². The summed E-state index contributed by atoms with van der Waals surface area (Å²) in [4.78, 5) is 0. The minimum absolute atomic E-state index is 0.0921. The lowest BCUT2D eigenvalue weighted by Gasteiger charge is -2.55. The number of alkyl halides is 1. The van der Waals surface area contributed by atoms with Crippen LogP contribution in [0, 0.1) is 28.6 Å². The summed E-state index contributed by atoms with van der Waals surface area (Å²) in [6.07, 6.45) is 12.9. The van der Waals surface area contributed by atoms with Gasteiger partial charge in [0.15, 0.2) is 0 Å². The Morgan fingerprint density at radius 2 is 2.09 bits per heavy atom. The number of halogens is 1. The van der Waals surface area contributed by atoms with Gasteiger partial charge in [-0.2, -0.15) is 0 Å².